The van der Waals surface area contributed by atoms with Crippen molar-refractivity contribution in [1.82, 2.24) is 0 Å². The molecule has 4 heteroatoms. The van der Waals surface area contributed by atoms with E-state index in [0.29, 0.717) is 13.2 Å². The van der Waals surface area contributed by atoms with Crippen LogP contribution in [0, 0.1) is 0 Å². The number of ether oxygens (including phenoxy) is 4. The molecule has 4 rings (SSSR count). The summed E-state index contributed by atoms with van der Waals surface area (Å²) in [5, 5.41) is 0. The van der Waals surface area contributed by atoms with Gasteiger partial charge < -0.3 is 18.9 Å². The largest absolute Gasteiger partial charge is 0.491 e. The van der Waals surface area contributed by atoms with Gasteiger partial charge in [-0.15, -0.1) is 0 Å². The Bertz CT molecular complexity index is 1010. The second kappa shape index (κ2) is 10.4. The minimum Gasteiger partial charge on any atom is -0.491 e. The maximum atomic E-state index is 6.28. The summed E-state index contributed by atoms with van der Waals surface area (Å²) in [6.07, 6.45) is 1.34. The van der Waals surface area contributed by atoms with Gasteiger partial charge in [0.05, 0.1) is 13.2 Å². The minimum absolute atomic E-state index is 0.0398. The summed E-state index contributed by atoms with van der Waals surface area (Å²) in [5.41, 5.74) is 8.09. The number of hydrogen-bond donors (Lipinski definition) is 0. The zero-order valence-corrected chi connectivity index (χ0v) is 26.6. The van der Waals surface area contributed by atoms with E-state index < -0.39 is 0 Å². The Morgan fingerprint density at radius 2 is 0.795 bits per heavy atom. The molecule has 2 heterocycles. The molecule has 2 unspecified atom stereocenters. The molecule has 2 aliphatic rings. The Hall–Kier alpha value is -2.04. The zero-order chi connectivity index (χ0) is 29.0. The summed E-state index contributed by atoms with van der Waals surface area (Å²) in [4.78, 5) is 0. The van der Waals surface area contributed by atoms with Gasteiger partial charge in [0, 0.05) is 0 Å². The fourth-order valence-electron chi connectivity index (χ4n) is 5.40. The highest BCUT2D eigenvalue weighted by molar-refractivity contribution is 5.55. The van der Waals surface area contributed by atoms with Gasteiger partial charge in [0.15, 0.2) is 0 Å². The third-order valence-electron chi connectivity index (χ3n) is 7.71. The van der Waals surface area contributed by atoms with E-state index in [9.17, 15) is 0 Å². The van der Waals surface area contributed by atoms with Crippen molar-refractivity contribution < 1.29 is 18.9 Å². The van der Waals surface area contributed by atoms with Crippen molar-refractivity contribution >= 4 is 0 Å². The molecule has 0 saturated carbocycles. The quantitative estimate of drug-likeness (QED) is 0.320. The molecule has 0 aliphatic carbocycles. The summed E-state index contributed by atoms with van der Waals surface area (Å²) < 4.78 is 23.4. The zero-order valence-electron chi connectivity index (χ0n) is 26.6. The predicted octanol–water partition coefficient (Wildman–Crippen LogP) is 8.02. The minimum atomic E-state index is -0.0398. The van der Waals surface area contributed by atoms with Crippen LogP contribution in [0.1, 0.15) is 116 Å². The van der Waals surface area contributed by atoms with Gasteiger partial charge in [-0.25, -0.2) is 0 Å². The Kier molecular flexibility index (Phi) is 7.99. The van der Waals surface area contributed by atoms with Gasteiger partial charge in [0.2, 0.25) is 0 Å². The molecular weight excluding hydrogens is 484 g/mol. The molecule has 216 valence electrons. The lowest BCUT2D eigenvalue weighted by Crippen LogP contribution is -2.25. The molecule has 2 saturated heterocycles. The van der Waals surface area contributed by atoms with Gasteiger partial charge >= 0.3 is 0 Å². The van der Waals surface area contributed by atoms with Gasteiger partial charge in [-0.2, -0.15) is 0 Å². The first kappa shape index (κ1) is 29.9. The average molecular weight is 537 g/mol. The molecule has 0 aromatic heterocycles. The molecule has 2 fully saturated rings. The first-order valence-corrected chi connectivity index (χ1v) is 14.7. The molecule has 39 heavy (non-hydrogen) atoms. The van der Waals surface area contributed by atoms with Crippen LogP contribution >= 0.6 is 0 Å². The molecule has 2 aromatic rings. The van der Waals surface area contributed by atoms with Gasteiger partial charge in [-0.05, 0) is 85.7 Å². The van der Waals surface area contributed by atoms with Crippen molar-refractivity contribution in [2.75, 3.05) is 26.4 Å². The average Bonchev–Trinajstić information content (AvgIpc) is 3.69. The lowest BCUT2D eigenvalue weighted by molar-refractivity contribution is 0.262. The van der Waals surface area contributed by atoms with Crippen LogP contribution in [0.4, 0.5) is 0 Å². The molecule has 0 spiro atoms. The van der Waals surface area contributed by atoms with Crippen molar-refractivity contribution in [3.63, 3.8) is 0 Å². The van der Waals surface area contributed by atoms with Crippen molar-refractivity contribution in [2.24, 2.45) is 0 Å². The van der Waals surface area contributed by atoms with Gasteiger partial charge in [0.25, 0.3) is 0 Å². The van der Waals surface area contributed by atoms with E-state index in [-0.39, 0.29) is 33.9 Å². The Morgan fingerprint density at radius 1 is 0.538 bits per heavy atom. The summed E-state index contributed by atoms with van der Waals surface area (Å²) in [5.74, 6) is 1.89. The molecule has 2 aliphatic heterocycles. The van der Waals surface area contributed by atoms with Crippen molar-refractivity contribution in [3.05, 3.63) is 57.6 Å². The molecular formula is C35H52O4. The summed E-state index contributed by atoms with van der Waals surface area (Å²) in [6.45, 7) is 30.6. The Balaban J connectivity index is 1.90. The van der Waals surface area contributed by atoms with Crippen LogP contribution in [0.15, 0.2) is 24.3 Å². The van der Waals surface area contributed by atoms with Crippen LogP contribution in [-0.4, -0.2) is 38.6 Å². The second-order valence-corrected chi connectivity index (χ2v) is 15.7. The maximum absolute atomic E-state index is 6.28. The molecule has 2 aromatic carbocycles. The first-order valence-electron chi connectivity index (χ1n) is 14.7. The lowest BCUT2D eigenvalue weighted by Gasteiger charge is -2.35. The van der Waals surface area contributed by atoms with Gasteiger partial charge in [0.1, 0.15) is 36.9 Å². The van der Waals surface area contributed by atoms with Crippen LogP contribution < -0.4 is 9.47 Å². The predicted molar refractivity (Wildman–Crippen MR) is 161 cm³/mol. The van der Waals surface area contributed by atoms with Crippen molar-refractivity contribution in [3.8, 4) is 11.5 Å². The number of epoxide rings is 2. The fourth-order valence-corrected chi connectivity index (χ4v) is 5.40. The van der Waals surface area contributed by atoms with E-state index in [1.807, 2.05) is 0 Å². The SMILES string of the molecule is CC(C)(C)c1cc(OCC2CO2)cc(C(C)(C)C)c1Cc1c(C(C)(C)C)cc(OCC2CO2)cc1C(C)(C)C. The second-order valence-electron chi connectivity index (χ2n) is 15.7. The number of hydrogen-bond acceptors (Lipinski definition) is 4. The Labute approximate surface area is 237 Å². The molecule has 0 bridgehead atoms. The summed E-state index contributed by atoms with van der Waals surface area (Å²) >= 11 is 0. The molecule has 0 radical (unpaired) electrons. The standard InChI is InChI=1S/C35H52O4/c1-32(2,3)28-13-22(36-18-24-20-38-24)14-29(33(4,5)6)26(28)17-27-30(34(7,8)9)15-23(37-19-25-21-39-25)16-31(27)35(10,11)12/h13-16,24-25H,17-21H2,1-12H3. The normalized spacial score (nSPS) is 19.7. The molecule has 2 atom stereocenters. The van der Waals surface area contributed by atoms with E-state index in [0.717, 1.165) is 31.1 Å². The van der Waals surface area contributed by atoms with Crippen LogP contribution in [0.2, 0.25) is 0 Å². The van der Waals surface area contributed by atoms with E-state index in [1.54, 1.807) is 0 Å². The highest BCUT2D eigenvalue weighted by Gasteiger charge is 2.33. The van der Waals surface area contributed by atoms with Crippen LogP contribution in [0.5, 0.6) is 11.5 Å². The highest BCUT2D eigenvalue weighted by atomic mass is 16.6. The molecule has 0 amide bonds. The summed E-state index contributed by atoms with van der Waals surface area (Å²) in [6, 6.07) is 9.14. The van der Waals surface area contributed by atoms with Crippen LogP contribution in [0.25, 0.3) is 0 Å². The topological polar surface area (TPSA) is 43.5 Å². The molecule has 4 nitrogen and oxygen atoms in total. The summed E-state index contributed by atoms with van der Waals surface area (Å²) in [7, 11) is 0. The van der Waals surface area contributed by atoms with Crippen molar-refractivity contribution in [1.29, 1.82) is 0 Å². The first-order chi connectivity index (χ1) is 17.8. The van der Waals surface area contributed by atoms with E-state index in [1.165, 1.54) is 33.4 Å². The van der Waals surface area contributed by atoms with Crippen LogP contribution in [-0.2, 0) is 37.6 Å². The third kappa shape index (κ3) is 7.58. The van der Waals surface area contributed by atoms with E-state index in [4.69, 9.17) is 18.9 Å². The smallest absolute Gasteiger partial charge is 0.120 e. The Morgan fingerprint density at radius 3 is 1.00 bits per heavy atom. The van der Waals surface area contributed by atoms with Crippen molar-refractivity contribution in [2.45, 2.75) is 123 Å². The number of rotatable bonds is 8. The van der Waals surface area contributed by atoms with Crippen LogP contribution in [0.3, 0.4) is 0 Å². The number of benzene rings is 2. The lowest BCUT2D eigenvalue weighted by atomic mass is 9.70. The fraction of sp³-hybridized carbons (Fsp3) is 0.657. The highest BCUT2D eigenvalue weighted by Crippen LogP contribution is 2.43. The maximum Gasteiger partial charge on any atom is 0.120 e. The van der Waals surface area contributed by atoms with Gasteiger partial charge in [-0.1, -0.05) is 83.1 Å². The molecule has 0 N–H and O–H groups in total. The van der Waals surface area contributed by atoms with E-state index >= 15 is 0 Å². The van der Waals surface area contributed by atoms with E-state index in [2.05, 4.69) is 107 Å². The third-order valence-corrected chi connectivity index (χ3v) is 7.71. The monoisotopic (exact) mass is 536 g/mol. The van der Waals surface area contributed by atoms with Gasteiger partial charge in [-0.3, -0.25) is 0 Å².